The first-order valence-electron chi connectivity index (χ1n) is 8.35. The van der Waals surface area contributed by atoms with Crippen molar-refractivity contribution in [3.8, 4) is 0 Å². The van der Waals surface area contributed by atoms with Gasteiger partial charge in [0.25, 0.3) is 0 Å². The highest BCUT2D eigenvalue weighted by atomic mass is 19.4. The number of nitrogens with zero attached hydrogens (tertiary/aromatic N) is 2. The Bertz CT molecular complexity index is 557. The van der Waals surface area contributed by atoms with E-state index in [-0.39, 0.29) is 11.8 Å². The van der Waals surface area contributed by atoms with Crippen molar-refractivity contribution in [2.45, 2.75) is 63.6 Å². The molecule has 1 amide bonds. The van der Waals surface area contributed by atoms with E-state index in [1.807, 2.05) is 0 Å². The van der Waals surface area contributed by atoms with Gasteiger partial charge in [0.05, 0.1) is 6.54 Å². The van der Waals surface area contributed by atoms with Crippen LogP contribution in [0, 0.1) is 5.92 Å². The molecule has 0 bridgehead atoms. The summed E-state index contributed by atoms with van der Waals surface area (Å²) >= 11 is 0. The molecule has 0 aliphatic heterocycles. The highest BCUT2D eigenvalue weighted by Gasteiger charge is 2.37. The molecule has 4 nitrogen and oxygen atoms in total. The Balaban J connectivity index is 1.53. The summed E-state index contributed by atoms with van der Waals surface area (Å²) in [6.45, 7) is 0.614. The summed E-state index contributed by atoms with van der Waals surface area (Å²) in [5, 5.41) is 6.49. The van der Waals surface area contributed by atoms with E-state index >= 15 is 0 Å². The standard InChI is InChI=1S/C16H22F3N3O/c17-16(18,19)14-10-13(12-5-6-12)22(21-14)8-7-20-15(23)9-11-3-1-2-4-11/h10-12H,1-9H2,(H,20,23). The number of carbonyl (C=O) groups is 1. The number of aromatic nitrogens is 2. The SMILES string of the molecule is O=C(CC1CCCC1)NCCn1nc(C(F)(F)F)cc1C1CC1. The zero-order chi connectivity index (χ0) is 16.4. The molecular weight excluding hydrogens is 307 g/mol. The van der Waals surface area contributed by atoms with Gasteiger partial charge in [0.2, 0.25) is 5.91 Å². The molecule has 23 heavy (non-hydrogen) atoms. The maximum atomic E-state index is 12.8. The van der Waals surface area contributed by atoms with Crippen molar-refractivity contribution in [1.29, 1.82) is 0 Å². The van der Waals surface area contributed by atoms with Gasteiger partial charge < -0.3 is 5.32 Å². The Morgan fingerprint density at radius 1 is 1.26 bits per heavy atom. The molecule has 3 rings (SSSR count). The van der Waals surface area contributed by atoms with Crippen LogP contribution in [0.15, 0.2) is 6.07 Å². The van der Waals surface area contributed by atoms with Crippen LogP contribution >= 0.6 is 0 Å². The van der Waals surface area contributed by atoms with E-state index in [1.165, 1.54) is 17.5 Å². The van der Waals surface area contributed by atoms with Gasteiger partial charge in [-0.15, -0.1) is 0 Å². The fourth-order valence-electron chi connectivity index (χ4n) is 3.31. The molecular formula is C16H22F3N3O. The Morgan fingerprint density at radius 3 is 2.57 bits per heavy atom. The van der Waals surface area contributed by atoms with Gasteiger partial charge >= 0.3 is 6.18 Å². The summed E-state index contributed by atoms with van der Waals surface area (Å²) in [5.74, 6) is 0.652. The first-order valence-corrected chi connectivity index (χ1v) is 8.35. The lowest BCUT2D eigenvalue weighted by Crippen LogP contribution is -2.29. The minimum absolute atomic E-state index is 0.00641. The van der Waals surface area contributed by atoms with Crippen molar-refractivity contribution >= 4 is 5.91 Å². The maximum absolute atomic E-state index is 12.8. The molecule has 2 aliphatic carbocycles. The summed E-state index contributed by atoms with van der Waals surface area (Å²) in [7, 11) is 0. The van der Waals surface area contributed by atoms with Gasteiger partial charge in [-0.3, -0.25) is 9.48 Å². The third-order valence-corrected chi connectivity index (χ3v) is 4.69. The van der Waals surface area contributed by atoms with Gasteiger partial charge in [-0.1, -0.05) is 12.8 Å². The molecule has 7 heteroatoms. The number of rotatable bonds is 6. The lowest BCUT2D eigenvalue weighted by atomic mass is 10.0. The second-order valence-electron chi connectivity index (χ2n) is 6.65. The van der Waals surface area contributed by atoms with Crippen LogP contribution in [0.3, 0.4) is 0 Å². The van der Waals surface area contributed by atoms with Crippen LogP contribution in [-0.2, 0) is 17.5 Å². The molecule has 1 N–H and O–H groups in total. The topological polar surface area (TPSA) is 46.9 Å². The Labute approximate surface area is 133 Å². The number of nitrogens with one attached hydrogen (secondary N) is 1. The van der Waals surface area contributed by atoms with Crippen molar-refractivity contribution in [3.63, 3.8) is 0 Å². The Hall–Kier alpha value is -1.53. The van der Waals surface area contributed by atoms with E-state index in [1.54, 1.807) is 0 Å². The predicted molar refractivity (Wildman–Crippen MR) is 78.8 cm³/mol. The normalized spacial score (nSPS) is 19.3. The van der Waals surface area contributed by atoms with E-state index in [4.69, 9.17) is 0 Å². The molecule has 0 saturated heterocycles. The number of amides is 1. The van der Waals surface area contributed by atoms with Crippen molar-refractivity contribution < 1.29 is 18.0 Å². The molecule has 1 heterocycles. The first kappa shape index (κ1) is 16.3. The Kier molecular flexibility index (Phi) is 4.64. The minimum atomic E-state index is -4.42. The quantitative estimate of drug-likeness (QED) is 0.868. The second-order valence-corrected chi connectivity index (χ2v) is 6.65. The van der Waals surface area contributed by atoms with E-state index in [0.717, 1.165) is 31.7 Å². The van der Waals surface area contributed by atoms with Crippen LogP contribution < -0.4 is 5.32 Å². The van der Waals surface area contributed by atoms with Gasteiger partial charge in [-0.25, -0.2) is 0 Å². The van der Waals surface area contributed by atoms with Crippen LogP contribution in [0.2, 0.25) is 0 Å². The largest absolute Gasteiger partial charge is 0.435 e. The van der Waals surface area contributed by atoms with E-state index in [2.05, 4.69) is 10.4 Å². The number of hydrogen-bond acceptors (Lipinski definition) is 2. The van der Waals surface area contributed by atoms with Gasteiger partial charge in [-0.05, 0) is 37.7 Å². The van der Waals surface area contributed by atoms with E-state index in [9.17, 15) is 18.0 Å². The van der Waals surface area contributed by atoms with Crippen molar-refractivity contribution in [2.24, 2.45) is 5.92 Å². The second kappa shape index (κ2) is 6.53. The summed E-state index contributed by atoms with van der Waals surface area (Å²) < 4.78 is 39.8. The molecule has 1 aromatic rings. The van der Waals surface area contributed by atoms with Gasteiger partial charge in [0, 0.05) is 24.6 Å². The van der Waals surface area contributed by atoms with E-state index < -0.39 is 11.9 Å². The first-order chi connectivity index (χ1) is 10.9. The number of hydrogen-bond donors (Lipinski definition) is 1. The summed E-state index contributed by atoms with van der Waals surface area (Å²) in [6, 6.07) is 1.15. The molecule has 0 unspecified atom stereocenters. The van der Waals surface area contributed by atoms with Crippen LogP contribution in [0.1, 0.15) is 62.3 Å². The highest BCUT2D eigenvalue weighted by Crippen LogP contribution is 2.42. The predicted octanol–water partition coefficient (Wildman–Crippen LogP) is 3.48. The average Bonchev–Trinajstić information content (AvgIpc) is 3.01. The van der Waals surface area contributed by atoms with Crippen LogP contribution in [0.4, 0.5) is 13.2 Å². The zero-order valence-electron chi connectivity index (χ0n) is 13.0. The third-order valence-electron chi connectivity index (χ3n) is 4.69. The van der Waals surface area contributed by atoms with E-state index in [0.29, 0.717) is 31.1 Å². The van der Waals surface area contributed by atoms with Gasteiger partial charge in [0.1, 0.15) is 0 Å². The molecule has 0 spiro atoms. The van der Waals surface area contributed by atoms with Crippen molar-refractivity contribution in [2.75, 3.05) is 6.54 Å². The number of alkyl halides is 3. The zero-order valence-corrected chi connectivity index (χ0v) is 13.0. The van der Waals surface area contributed by atoms with Crippen LogP contribution in [0.5, 0.6) is 0 Å². The number of halogens is 3. The minimum Gasteiger partial charge on any atom is -0.354 e. The maximum Gasteiger partial charge on any atom is 0.435 e. The fraction of sp³-hybridized carbons (Fsp3) is 0.750. The molecule has 128 valence electrons. The van der Waals surface area contributed by atoms with Gasteiger partial charge in [-0.2, -0.15) is 18.3 Å². The lowest BCUT2D eigenvalue weighted by Gasteiger charge is -2.11. The smallest absolute Gasteiger partial charge is 0.354 e. The lowest BCUT2D eigenvalue weighted by molar-refractivity contribution is -0.141. The monoisotopic (exact) mass is 329 g/mol. The molecule has 1 aromatic heterocycles. The van der Waals surface area contributed by atoms with Crippen molar-refractivity contribution in [1.82, 2.24) is 15.1 Å². The van der Waals surface area contributed by atoms with Crippen LogP contribution in [0.25, 0.3) is 0 Å². The molecule has 2 aliphatic rings. The molecule has 0 aromatic carbocycles. The number of carbonyl (C=O) groups excluding carboxylic acids is 1. The Morgan fingerprint density at radius 2 is 1.96 bits per heavy atom. The van der Waals surface area contributed by atoms with Gasteiger partial charge in [0.15, 0.2) is 5.69 Å². The molecule has 0 radical (unpaired) electrons. The molecule has 2 saturated carbocycles. The fourth-order valence-corrected chi connectivity index (χ4v) is 3.31. The third kappa shape index (κ3) is 4.26. The highest BCUT2D eigenvalue weighted by molar-refractivity contribution is 5.76. The molecule has 0 atom stereocenters. The summed E-state index contributed by atoms with van der Waals surface area (Å²) in [6.07, 6.45) is 2.53. The average molecular weight is 329 g/mol. The van der Waals surface area contributed by atoms with Crippen LogP contribution in [-0.4, -0.2) is 22.2 Å². The molecule has 2 fully saturated rings. The van der Waals surface area contributed by atoms with Crippen molar-refractivity contribution in [3.05, 3.63) is 17.5 Å². The summed E-state index contributed by atoms with van der Waals surface area (Å²) in [5.41, 5.74) is -0.195. The summed E-state index contributed by atoms with van der Waals surface area (Å²) in [4.78, 5) is 11.9.